The molecule has 0 saturated carbocycles. The number of aryl methyl sites for hydroxylation is 2. The number of carbonyl (C=O) groups is 2. The van der Waals surface area contributed by atoms with Crippen LogP contribution in [0.2, 0.25) is 10.0 Å². The Balaban J connectivity index is 1.33. The van der Waals surface area contributed by atoms with Crippen LogP contribution in [0.5, 0.6) is 0 Å². The van der Waals surface area contributed by atoms with Gasteiger partial charge in [-0.25, -0.2) is 0 Å². The lowest BCUT2D eigenvalue weighted by Gasteiger charge is -2.05. The summed E-state index contributed by atoms with van der Waals surface area (Å²) in [6, 6.07) is 33.6. The van der Waals surface area contributed by atoms with E-state index in [1.807, 2.05) is 143 Å². The first-order valence-corrected chi connectivity index (χ1v) is 14.3. The molecule has 0 atom stereocenters. The van der Waals surface area contributed by atoms with Gasteiger partial charge in [0.15, 0.2) is 11.6 Å². The molecule has 4 nitrogen and oxygen atoms in total. The quantitative estimate of drug-likeness (QED) is 0.158. The lowest BCUT2D eigenvalue weighted by molar-refractivity contribution is 0.103. The fraction of sp³-hybridized carbons (Fsp3) is 0.0556. The van der Waals surface area contributed by atoms with E-state index >= 15 is 0 Å². The van der Waals surface area contributed by atoms with E-state index in [1.165, 1.54) is 0 Å². The molecule has 206 valence electrons. The smallest absolute Gasteiger partial charge is 0.195 e. The van der Waals surface area contributed by atoms with Gasteiger partial charge in [-0.3, -0.25) is 9.59 Å². The van der Waals surface area contributed by atoms with Crippen molar-refractivity contribution < 1.29 is 9.59 Å². The van der Waals surface area contributed by atoms with Crippen LogP contribution in [0.4, 0.5) is 0 Å². The highest BCUT2D eigenvalue weighted by molar-refractivity contribution is 6.31. The van der Waals surface area contributed by atoms with Crippen molar-refractivity contribution in [3.05, 3.63) is 166 Å². The van der Waals surface area contributed by atoms with E-state index in [-0.39, 0.29) is 11.6 Å². The van der Waals surface area contributed by atoms with E-state index < -0.39 is 0 Å². The van der Waals surface area contributed by atoms with Gasteiger partial charge in [0, 0.05) is 81.3 Å². The molecule has 0 N–H and O–H groups in total. The average Bonchev–Trinajstić information content (AvgIpc) is 3.66. The SMILES string of the molecule is O=C(c1ccccc1)c1cn(CCn2cc(C(=O)c3ccccc3)c(-c3ccc(Cl)cc3)c2)cc1-c1ccc(Cl)cc1. The molecule has 0 fully saturated rings. The van der Waals surface area contributed by atoms with Gasteiger partial charge in [-0.15, -0.1) is 0 Å². The third-order valence-corrected chi connectivity index (χ3v) is 7.75. The number of hydrogen-bond donors (Lipinski definition) is 0. The zero-order chi connectivity index (χ0) is 29.1. The zero-order valence-electron chi connectivity index (χ0n) is 22.6. The summed E-state index contributed by atoms with van der Waals surface area (Å²) in [5, 5.41) is 1.28. The maximum Gasteiger partial charge on any atom is 0.195 e. The summed E-state index contributed by atoms with van der Waals surface area (Å²) in [4.78, 5) is 27.1. The van der Waals surface area contributed by atoms with Gasteiger partial charge in [0.2, 0.25) is 0 Å². The second kappa shape index (κ2) is 12.1. The van der Waals surface area contributed by atoms with Crippen molar-refractivity contribution in [1.82, 2.24) is 9.13 Å². The molecule has 0 radical (unpaired) electrons. The van der Waals surface area contributed by atoms with Gasteiger partial charge < -0.3 is 9.13 Å². The number of rotatable bonds is 9. The molecular formula is C36H26Cl2N2O2. The molecule has 2 aromatic heterocycles. The first kappa shape index (κ1) is 27.5. The molecule has 0 aliphatic heterocycles. The van der Waals surface area contributed by atoms with Crippen LogP contribution in [0.25, 0.3) is 22.3 Å². The number of carbonyl (C=O) groups excluding carboxylic acids is 2. The Kier molecular flexibility index (Phi) is 7.91. The predicted molar refractivity (Wildman–Crippen MR) is 170 cm³/mol. The number of ketones is 2. The minimum atomic E-state index is -0.0407. The molecule has 0 aliphatic carbocycles. The summed E-state index contributed by atoms with van der Waals surface area (Å²) in [7, 11) is 0. The van der Waals surface area contributed by atoms with E-state index in [9.17, 15) is 9.59 Å². The molecule has 0 saturated heterocycles. The van der Waals surface area contributed by atoms with Crippen molar-refractivity contribution >= 4 is 34.8 Å². The Morgan fingerprint density at radius 2 is 0.833 bits per heavy atom. The second-order valence-corrected chi connectivity index (χ2v) is 10.9. The molecular weight excluding hydrogens is 563 g/mol. The summed E-state index contributed by atoms with van der Waals surface area (Å²) in [6.45, 7) is 1.19. The van der Waals surface area contributed by atoms with Crippen LogP contribution in [-0.4, -0.2) is 20.7 Å². The average molecular weight is 590 g/mol. The van der Waals surface area contributed by atoms with Crippen LogP contribution >= 0.6 is 23.2 Å². The van der Waals surface area contributed by atoms with Crippen LogP contribution in [0.3, 0.4) is 0 Å². The molecule has 0 bridgehead atoms. The van der Waals surface area contributed by atoms with Crippen molar-refractivity contribution in [2.24, 2.45) is 0 Å². The monoisotopic (exact) mass is 588 g/mol. The Labute approximate surface area is 254 Å². The fourth-order valence-electron chi connectivity index (χ4n) is 5.08. The Hall–Kier alpha value is -4.64. The molecule has 0 aliphatic rings. The highest BCUT2D eigenvalue weighted by Gasteiger charge is 2.20. The van der Waals surface area contributed by atoms with E-state index in [0.717, 1.165) is 22.3 Å². The molecule has 2 heterocycles. The van der Waals surface area contributed by atoms with E-state index in [4.69, 9.17) is 23.2 Å². The molecule has 6 aromatic rings. The molecule has 6 heteroatoms. The number of benzene rings is 4. The molecule has 42 heavy (non-hydrogen) atoms. The number of halogens is 2. The molecule has 4 aromatic carbocycles. The van der Waals surface area contributed by atoms with Gasteiger partial charge in [0.25, 0.3) is 0 Å². The first-order valence-electron chi connectivity index (χ1n) is 13.6. The van der Waals surface area contributed by atoms with Crippen LogP contribution in [0, 0.1) is 0 Å². The van der Waals surface area contributed by atoms with Gasteiger partial charge in [0.05, 0.1) is 0 Å². The summed E-state index contributed by atoms with van der Waals surface area (Å²) in [5.74, 6) is -0.0814. The largest absolute Gasteiger partial charge is 0.351 e. The van der Waals surface area contributed by atoms with Crippen LogP contribution < -0.4 is 0 Å². The minimum Gasteiger partial charge on any atom is -0.351 e. The highest BCUT2D eigenvalue weighted by Crippen LogP contribution is 2.30. The summed E-state index contributed by atoms with van der Waals surface area (Å²) in [5.41, 5.74) is 6.03. The van der Waals surface area contributed by atoms with Gasteiger partial charge >= 0.3 is 0 Å². The van der Waals surface area contributed by atoms with Gasteiger partial charge in [0.1, 0.15) is 0 Å². The standard InChI is InChI=1S/C36H26Cl2N2O2/c37-29-15-11-25(12-16-29)31-21-39(23-33(31)35(41)27-7-3-1-4-8-27)19-20-40-22-32(26-13-17-30(38)18-14-26)34(24-40)36(42)28-9-5-2-6-10-28/h1-18,21-24H,19-20H2. The topological polar surface area (TPSA) is 44.0 Å². The van der Waals surface area contributed by atoms with Crippen LogP contribution in [0.15, 0.2) is 134 Å². The van der Waals surface area contributed by atoms with E-state index in [2.05, 4.69) is 0 Å². The number of nitrogens with zero attached hydrogens (tertiary/aromatic N) is 2. The number of hydrogen-bond acceptors (Lipinski definition) is 2. The lowest BCUT2D eigenvalue weighted by atomic mass is 9.98. The molecule has 0 unspecified atom stereocenters. The predicted octanol–water partition coefficient (Wildman–Crippen LogP) is 9.09. The lowest BCUT2D eigenvalue weighted by Crippen LogP contribution is -2.05. The highest BCUT2D eigenvalue weighted by atomic mass is 35.5. The summed E-state index contributed by atoms with van der Waals surface area (Å²) in [6.07, 6.45) is 7.80. The minimum absolute atomic E-state index is 0.0407. The Morgan fingerprint density at radius 1 is 0.476 bits per heavy atom. The van der Waals surface area contributed by atoms with E-state index in [0.29, 0.717) is 45.4 Å². The van der Waals surface area contributed by atoms with Crippen molar-refractivity contribution in [3.8, 4) is 22.3 Å². The maximum atomic E-state index is 13.5. The van der Waals surface area contributed by atoms with Gasteiger partial charge in [-0.1, -0.05) is 108 Å². The Bertz CT molecular complexity index is 1710. The van der Waals surface area contributed by atoms with Gasteiger partial charge in [-0.2, -0.15) is 0 Å². The van der Waals surface area contributed by atoms with Crippen molar-refractivity contribution in [2.75, 3.05) is 0 Å². The molecule has 0 spiro atoms. The maximum absolute atomic E-state index is 13.5. The second-order valence-electron chi connectivity index (χ2n) is 10.1. The normalized spacial score (nSPS) is 11.0. The molecule has 0 amide bonds. The number of aromatic nitrogens is 2. The van der Waals surface area contributed by atoms with Crippen molar-refractivity contribution in [2.45, 2.75) is 13.1 Å². The Morgan fingerprint density at radius 3 is 1.19 bits per heavy atom. The van der Waals surface area contributed by atoms with Crippen molar-refractivity contribution in [3.63, 3.8) is 0 Å². The third-order valence-electron chi connectivity index (χ3n) is 7.25. The molecule has 6 rings (SSSR count). The third kappa shape index (κ3) is 5.87. The first-order chi connectivity index (χ1) is 20.5. The summed E-state index contributed by atoms with van der Waals surface area (Å²) < 4.78 is 4.06. The fourth-order valence-corrected chi connectivity index (χ4v) is 5.33. The van der Waals surface area contributed by atoms with Crippen LogP contribution in [-0.2, 0) is 13.1 Å². The van der Waals surface area contributed by atoms with E-state index in [1.54, 1.807) is 0 Å². The van der Waals surface area contributed by atoms with Crippen LogP contribution in [0.1, 0.15) is 31.8 Å². The zero-order valence-corrected chi connectivity index (χ0v) is 24.1. The van der Waals surface area contributed by atoms with Gasteiger partial charge in [-0.05, 0) is 35.4 Å². The van der Waals surface area contributed by atoms with Crippen molar-refractivity contribution in [1.29, 1.82) is 0 Å². The summed E-state index contributed by atoms with van der Waals surface area (Å²) >= 11 is 12.3.